The molecule has 126 valence electrons. The first-order valence-electron chi connectivity index (χ1n) is 6.96. The second kappa shape index (κ2) is 5.71. The molecular weight excluding hydrogens is 303 g/mol. The van der Waals surface area contributed by atoms with Crippen LogP contribution >= 0.6 is 0 Å². The molecule has 0 radical (unpaired) electrons. The summed E-state index contributed by atoms with van der Waals surface area (Å²) in [5, 5.41) is 28.9. The van der Waals surface area contributed by atoms with Gasteiger partial charge in [0.2, 0.25) is 0 Å². The lowest BCUT2D eigenvalue weighted by Crippen LogP contribution is -2.74. The zero-order valence-electron chi connectivity index (χ0n) is 12.4. The van der Waals surface area contributed by atoms with Gasteiger partial charge in [-0.3, -0.25) is 14.6 Å². The molecule has 1 aromatic heterocycles. The predicted molar refractivity (Wildman–Crippen MR) is 68.0 cm³/mol. The Morgan fingerprint density at radius 2 is 1.86 bits per heavy atom. The molecule has 2 rings (SSSR count). The van der Waals surface area contributed by atoms with Crippen molar-refractivity contribution in [3.8, 4) is 0 Å². The van der Waals surface area contributed by atoms with E-state index < -0.39 is 47.2 Å². The van der Waals surface area contributed by atoms with Crippen LogP contribution < -0.4 is 21.1 Å². The van der Waals surface area contributed by atoms with Crippen molar-refractivity contribution in [1.29, 1.82) is 0 Å². The van der Waals surface area contributed by atoms with E-state index in [-0.39, 0.29) is 5.92 Å². The summed E-state index contributed by atoms with van der Waals surface area (Å²) in [7, 11) is 1.12. The highest BCUT2D eigenvalue weighted by molar-refractivity contribution is 5.32. The first-order valence-corrected chi connectivity index (χ1v) is 6.96. The van der Waals surface area contributed by atoms with Gasteiger partial charge in [-0.2, -0.15) is 13.2 Å². The Labute approximate surface area is 124 Å². The molecule has 0 bridgehead atoms. The summed E-state index contributed by atoms with van der Waals surface area (Å²) >= 11 is 0. The maximum absolute atomic E-state index is 13.0. The van der Waals surface area contributed by atoms with Gasteiger partial charge in [0.15, 0.2) is 0 Å². The molecule has 1 saturated carbocycles. The minimum absolute atomic E-state index is 0.198. The summed E-state index contributed by atoms with van der Waals surface area (Å²) in [5.41, 5.74) is -3.01. The van der Waals surface area contributed by atoms with Crippen molar-refractivity contribution >= 4 is 0 Å². The monoisotopic (exact) mass is 321 g/mol. The average Bonchev–Trinajstić information content (AvgIpc) is 2.67. The second-order valence-corrected chi connectivity index (χ2v) is 6.05. The summed E-state index contributed by atoms with van der Waals surface area (Å²) in [5.74, 6) is -1.28. The third-order valence-corrected chi connectivity index (χ3v) is 3.88. The number of alkyl halides is 3. The van der Waals surface area contributed by atoms with Crippen LogP contribution in [0.2, 0.25) is 0 Å². The van der Waals surface area contributed by atoms with Gasteiger partial charge in [0.25, 0.3) is 5.56 Å². The predicted octanol–water partition coefficient (Wildman–Crippen LogP) is -1.10. The molecular formula is C13H18F3N3O3-2. The van der Waals surface area contributed by atoms with Crippen LogP contribution in [0.4, 0.5) is 13.2 Å². The molecule has 9 heteroatoms. The van der Waals surface area contributed by atoms with Gasteiger partial charge in [-0.25, -0.2) is 0 Å². The highest BCUT2D eigenvalue weighted by atomic mass is 19.4. The van der Waals surface area contributed by atoms with Gasteiger partial charge in [0.05, 0.1) is 0 Å². The molecule has 22 heavy (non-hydrogen) atoms. The van der Waals surface area contributed by atoms with E-state index in [2.05, 4.69) is 5.32 Å². The molecule has 6 nitrogen and oxygen atoms in total. The van der Waals surface area contributed by atoms with Crippen LogP contribution in [0.1, 0.15) is 31.0 Å². The van der Waals surface area contributed by atoms with Crippen LogP contribution in [0.5, 0.6) is 0 Å². The highest BCUT2D eigenvalue weighted by Gasteiger charge is 2.46. The molecule has 2 unspecified atom stereocenters. The van der Waals surface area contributed by atoms with E-state index in [0.717, 1.165) is 7.05 Å². The number of H-pyrrole nitrogens is 1. The van der Waals surface area contributed by atoms with Gasteiger partial charge in [-0.15, -0.1) is 12.2 Å². The fourth-order valence-corrected chi connectivity index (χ4v) is 2.70. The number of aromatic amines is 1. The molecule has 2 N–H and O–H groups in total. The number of hydrogen-bond acceptors (Lipinski definition) is 4. The zero-order chi connectivity index (χ0) is 16.8. The van der Waals surface area contributed by atoms with Crippen LogP contribution in [-0.4, -0.2) is 34.6 Å². The van der Waals surface area contributed by atoms with E-state index in [1.54, 1.807) is 0 Å². The highest BCUT2D eigenvalue weighted by Crippen LogP contribution is 2.39. The molecule has 0 spiro atoms. The summed E-state index contributed by atoms with van der Waals surface area (Å²) < 4.78 is 39.5. The van der Waals surface area contributed by atoms with Crippen molar-refractivity contribution < 1.29 is 23.4 Å². The number of nitrogens with one attached hydrogen (secondary N) is 2. The quantitative estimate of drug-likeness (QED) is 0.736. The molecule has 0 aliphatic heterocycles. The largest absolute Gasteiger partial charge is 0.850 e. The topological polar surface area (TPSA) is 95.9 Å². The Hall–Kier alpha value is -1.32. The minimum atomic E-state index is -4.81. The summed E-state index contributed by atoms with van der Waals surface area (Å²) in [6, 6.07) is -0.965. The van der Waals surface area contributed by atoms with Gasteiger partial charge in [-0.05, 0) is 24.4 Å². The fourth-order valence-electron chi connectivity index (χ4n) is 2.70. The summed E-state index contributed by atoms with van der Waals surface area (Å²) in [6.45, 7) is 4.19. The Morgan fingerprint density at radius 1 is 1.32 bits per heavy atom. The first-order chi connectivity index (χ1) is 10.1. The normalized spacial score (nSPS) is 29.0. The Kier molecular flexibility index (Phi) is 4.42. The number of aromatic nitrogens is 2. The number of hydrogen-bond donors (Lipinski definition) is 2. The lowest BCUT2D eigenvalue weighted by atomic mass is 9.70. The molecule has 1 fully saturated rings. The molecule has 2 atom stereocenters. The Morgan fingerprint density at radius 3 is 2.32 bits per heavy atom. The number of rotatable bonds is 4. The van der Waals surface area contributed by atoms with Crippen LogP contribution in [0.3, 0.4) is 0 Å². The maximum Gasteiger partial charge on any atom is 0.433 e. The van der Waals surface area contributed by atoms with Gasteiger partial charge >= 0.3 is 6.18 Å². The van der Waals surface area contributed by atoms with Crippen molar-refractivity contribution in [2.24, 2.45) is 13.0 Å². The van der Waals surface area contributed by atoms with Gasteiger partial charge in [-0.1, -0.05) is 13.8 Å². The van der Waals surface area contributed by atoms with Crippen LogP contribution in [-0.2, 0) is 13.2 Å². The number of halogens is 3. The van der Waals surface area contributed by atoms with E-state index in [0.29, 0.717) is 11.2 Å². The molecule has 0 aromatic carbocycles. The summed E-state index contributed by atoms with van der Waals surface area (Å²) in [6.07, 6.45) is -7.94. The van der Waals surface area contributed by atoms with Crippen LogP contribution in [0.25, 0.3) is 0 Å². The van der Waals surface area contributed by atoms with E-state index in [1.165, 1.54) is 0 Å². The zero-order valence-corrected chi connectivity index (χ0v) is 12.4. The van der Waals surface area contributed by atoms with Crippen molar-refractivity contribution in [3.05, 3.63) is 21.6 Å². The SMILES string of the molecule is CC(C)CNC1C([O-])C(c2c(C(F)(F)F)[nH]n(C)c2=O)C1[O-]. The van der Waals surface area contributed by atoms with Crippen molar-refractivity contribution in [1.82, 2.24) is 15.1 Å². The maximum atomic E-state index is 13.0. The molecule has 0 amide bonds. The third-order valence-electron chi connectivity index (χ3n) is 3.88. The standard InChI is InChI=1S/C13H18F3N3O3/c1-5(2)4-17-8-9(20)6(10(8)21)7-11(13(14,15)16)18-19(3)12(7)22/h5-6,8-10,17-18H,4H2,1-3H3/q-2. The molecule has 1 aliphatic carbocycles. The number of aryl methyl sites for hydroxylation is 1. The number of nitrogens with zero attached hydrogens (tertiary/aromatic N) is 1. The Bertz CT molecular complexity index is 584. The van der Waals surface area contributed by atoms with E-state index in [1.807, 2.05) is 18.9 Å². The van der Waals surface area contributed by atoms with Crippen LogP contribution in [0, 0.1) is 5.92 Å². The molecule has 0 saturated heterocycles. The van der Waals surface area contributed by atoms with Gasteiger partial charge in [0.1, 0.15) is 5.69 Å². The lowest BCUT2D eigenvalue weighted by Gasteiger charge is -2.61. The average molecular weight is 321 g/mol. The van der Waals surface area contributed by atoms with Crippen LogP contribution in [0.15, 0.2) is 4.79 Å². The fraction of sp³-hybridized carbons (Fsp3) is 0.769. The van der Waals surface area contributed by atoms with Crippen molar-refractivity contribution in [2.45, 2.75) is 44.2 Å². The van der Waals surface area contributed by atoms with Crippen molar-refractivity contribution in [2.75, 3.05) is 6.54 Å². The van der Waals surface area contributed by atoms with Gasteiger partial charge < -0.3 is 15.5 Å². The smallest absolute Gasteiger partial charge is 0.433 e. The Balaban J connectivity index is 2.29. The second-order valence-electron chi connectivity index (χ2n) is 6.05. The van der Waals surface area contributed by atoms with E-state index >= 15 is 0 Å². The lowest BCUT2D eigenvalue weighted by molar-refractivity contribution is -0.536. The van der Waals surface area contributed by atoms with E-state index in [4.69, 9.17) is 0 Å². The van der Waals surface area contributed by atoms with Crippen molar-refractivity contribution in [3.63, 3.8) is 0 Å². The van der Waals surface area contributed by atoms with E-state index in [9.17, 15) is 28.2 Å². The molecule has 1 aromatic rings. The molecule has 1 heterocycles. The van der Waals surface area contributed by atoms with Gasteiger partial charge in [0, 0.05) is 12.6 Å². The first kappa shape index (κ1) is 17.0. The molecule has 1 aliphatic rings. The third kappa shape index (κ3) is 2.80. The summed E-state index contributed by atoms with van der Waals surface area (Å²) in [4.78, 5) is 11.9. The minimum Gasteiger partial charge on any atom is -0.850 e.